The first-order valence-corrected chi connectivity index (χ1v) is 6.48. The summed E-state index contributed by atoms with van der Waals surface area (Å²) in [6.45, 7) is 3.85. The molecule has 0 spiro atoms. The van der Waals surface area contributed by atoms with Gasteiger partial charge in [-0.15, -0.1) is 0 Å². The molecule has 0 aliphatic carbocycles. The van der Waals surface area contributed by atoms with Crippen LogP contribution in [0.5, 0.6) is 5.75 Å². The number of nitrogens with one attached hydrogen (secondary N) is 1. The molecule has 6 heteroatoms. The van der Waals surface area contributed by atoms with Crippen LogP contribution in [0.1, 0.15) is 18.9 Å². The highest BCUT2D eigenvalue weighted by Gasteiger charge is 2.15. The average molecular weight is 285 g/mol. The van der Waals surface area contributed by atoms with E-state index in [1.807, 2.05) is 0 Å². The predicted molar refractivity (Wildman–Crippen MR) is 75.6 cm³/mol. The summed E-state index contributed by atoms with van der Waals surface area (Å²) < 4.78 is 5.35. The fraction of sp³-hybridized carbons (Fsp3) is 0.385. The van der Waals surface area contributed by atoms with E-state index in [1.54, 1.807) is 18.2 Å². The first kappa shape index (κ1) is 15.5. The number of ether oxygens (including phenoxy) is 1. The molecule has 104 valence electrons. The molecule has 19 heavy (non-hydrogen) atoms. The second-order valence-corrected chi connectivity index (χ2v) is 4.16. The van der Waals surface area contributed by atoms with E-state index in [0.29, 0.717) is 6.54 Å². The van der Waals surface area contributed by atoms with Crippen molar-refractivity contribution in [2.24, 2.45) is 0 Å². The van der Waals surface area contributed by atoms with Gasteiger partial charge in [0.25, 0.3) is 0 Å². The highest BCUT2D eigenvalue weighted by atomic mass is 35.5. The maximum absolute atomic E-state index is 10.9. The van der Waals surface area contributed by atoms with Gasteiger partial charge in [0, 0.05) is 18.1 Å². The summed E-state index contributed by atoms with van der Waals surface area (Å²) in [7, 11) is 0. The predicted octanol–water partition coefficient (Wildman–Crippen LogP) is 3.23. The molecule has 0 aliphatic rings. The van der Waals surface area contributed by atoms with E-state index >= 15 is 0 Å². The van der Waals surface area contributed by atoms with E-state index in [-0.39, 0.29) is 18.0 Å². The van der Waals surface area contributed by atoms with Gasteiger partial charge in [-0.3, -0.25) is 10.1 Å². The van der Waals surface area contributed by atoms with Crippen LogP contribution >= 0.6 is 11.6 Å². The van der Waals surface area contributed by atoms with Crippen LogP contribution in [0.4, 0.5) is 5.69 Å². The van der Waals surface area contributed by atoms with Gasteiger partial charge in [0.2, 0.25) is 0 Å². The summed E-state index contributed by atoms with van der Waals surface area (Å²) in [5.74, 6) is 0.260. The molecule has 0 heterocycles. The van der Waals surface area contributed by atoms with E-state index in [0.717, 1.165) is 18.5 Å². The van der Waals surface area contributed by atoms with Gasteiger partial charge in [-0.25, -0.2) is 0 Å². The Morgan fingerprint density at radius 1 is 1.53 bits per heavy atom. The molecule has 0 unspecified atom stereocenters. The lowest BCUT2D eigenvalue weighted by molar-refractivity contribution is -0.385. The lowest BCUT2D eigenvalue weighted by Crippen LogP contribution is -2.13. The molecule has 0 amide bonds. The third-order valence-corrected chi connectivity index (χ3v) is 2.58. The van der Waals surface area contributed by atoms with Crippen LogP contribution in [0, 0.1) is 10.1 Å². The van der Waals surface area contributed by atoms with E-state index in [1.165, 1.54) is 11.6 Å². The maximum Gasteiger partial charge on any atom is 0.310 e. The molecule has 1 aromatic rings. The Bertz CT molecular complexity index is 450. The van der Waals surface area contributed by atoms with E-state index < -0.39 is 4.92 Å². The van der Waals surface area contributed by atoms with Gasteiger partial charge >= 0.3 is 5.69 Å². The van der Waals surface area contributed by atoms with Gasteiger partial charge in [-0.1, -0.05) is 24.6 Å². The van der Waals surface area contributed by atoms with Crippen LogP contribution in [0.3, 0.4) is 0 Å². The van der Waals surface area contributed by atoms with Crippen molar-refractivity contribution < 1.29 is 9.66 Å². The molecule has 0 aromatic heterocycles. The molecule has 0 aliphatic heterocycles. The molecule has 1 rings (SSSR count). The first-order chi connectivity index (χ1) is 9.19. The number of hydrogen-bond acceptors (Lipinski definition) is 4. The van der Waals surface area contributed by atoms with Crippen molar-refractivity contribution in [3.63, 3.8) is 0 Å². The van der Waals surface area contributed by atoms with Crippen molar-refractivity contribution in [2.45, 2.75) is 19.9 Å². The van der Waals surface area contributed by atoms with E-state index in [9.17, 15) is 10.1 Å². The van der Waals surface area contributed by atoms with Gasteiger partial charge in [-0.05, 0) is 30.7 Å². The third-order valence-electron chi connectivity index (χ3n) is 2.40. The van der Waals surface area contributed by atoms with Crippen molar-refractivity contribution in [3.05, 3.63) is 45.5 Å². The number of nitro benzene ring substituents is 1. The Morgan fingerprint density at radius 3 is 2.95 bits per heavy atom. The largest absolute Gasteiger partial charge is 0.483 e. The van der Waals surface area contributed by atoms with Gasteiger partial charge in [0.05, 0.1) is 4.92 Å². The summed E-state index contributed by atoms with van der Waals surface area (Å²) in [5.41, 5.74) is 2.23. The van der Waals surface area contributed by atoms with E-state index in [4.69, 9.17) is 16.3 Å². The lowest BCUT2D eigenvalue weighted by Gasteiger charge is -2.08. The molecule has 0 saturated carbocycles. The summed E-state index contributed by atoms with van der Waals surface area (Å²) in [4.78, 5) is 10.4. The van der Waals surface area contributed by atoms with Crippen LogP contribution < -0.4 is 10.1 Å². The van der Waals surface area contributed by atoms with Gasteiger partial charge in [0.1, 0.15) is 6.61 Å². The summed E-state index contributed by atoms with van der Waals surface area (Å²) in [6.07, 6.45) is 2.62. The number of nitrogens with zero attached hydrogens (tertiary/aromatic N) is 1. The van der Waals surface area contributed by atoms with Crippen LogP contribution in [-0.4, -0.2) is 18.1 Å². The second kappa shape index (κ2) is 8.50. The highest BCUT2D eigenvalue weighted by molar-refractivity contribution is 6.25. The van der Waals surface area contributed by atoms with Crippen LogP contribution in [0.15, 0.2) is 29.8 Å². The average Bonchev–Trinajstić information content (AvgIpc) is 2.39. The molecule has 1 aromatic carbocycles. The van der Waals surface area contributed by atoms with Crippen LogP contribution in [-0.2, 0) is 6.54 Å². The smallest absolute Gasteiger partial charge is 0.310 e. The summed E-state index contributed by atoms with van der Waals surface area (Å²) in [6, 6.07) is 4.87. The minimum Gasteiger partial charge on any atom is -0.483 e. The molecular weight excluding hydrogens is 268 g/mol. The van der Waals surface area contributed by atoms with Gasteiger partial charge < -0.3 is 10.1 Å². The maximum atomic E-state index is 10.9. The van der Waals surface area contributed by atoms with Gasteiger partial charge in [0.15, 0.2) is 5.75 Å². The third kappa shape index (κ3) is 5.28. The zero-order valence-electron chi connectivity index (χ0n) is 10.8. The molecule has 0 fully saturated rings. The van der Waals surface area contributed by atoms with Crippen molar-refractivity contribution in [1.82, 2.24) is 5.32 Å². The Balaban J connectivity index is 2.81. The molecule has 0 radical (unpaired) electrons. The van der Waals surface area contributed by atoms with E-state index in [2.05, 4.69) is 12.2 Å². The Hall–Kier alpha value is -1.59. The minimum absolute atomic E-state index is 0.0396. The highest BCUT2D eigenvalue weighted by Crippen LogP contribution is 2.28. The second-order valence-electron chi connectivity index (χ2n) is 3.91. The number of hydrogen-bond donors (Lipinski definition) is 1. The van der Waals surface area contributed by atoms with Crippen molar-refractivity contribution in [1.29, 1.82) is 0 Å². The number of halogens is 1. The van der Waals surface area contributed by atoms with Crippen molar-refractivity contribution >= 4 is 17.3 Å². The fourth-order valence-electron chi connectivity index (χ4n) is 1.52. The topological polar surface area (TPSA) is 64.4 Å². The standard InChI is InChI=1S/C13H17ClN2O3/c1-2-7-15-10-11-4-5-12(16(17)18)13(9-11)19-8-3-6-14/h3-6,9,15H,2,7-8,10H2,1H3. The SMILES string of the molecule is CCCNCc1ccc([N+](=O)[O-])c(OCC=CCl)c1. The quantitative estimate of drug-likeness (QED) is 0.452. The fourth-order valence-corrected chi connectivity index (χ4v) is 1.59. The number of nitro groups is 1. The molecule has 0 atom stereocenters. The molecule has 0 bridgehead atoms. The molecule has 1 N–H and O–H groups in total. The summed E-state index contributed by atoms with van der Waals surface area (Å²) in [5, 5.41) is 14.1. The van der Waals surface area contributed by atoms with Crippen molar-refractivity contribution in [3.8, 4) is 5.75 Å². The number of rotatable bonds is 8. The van der Waals surface area contributed by atoms with Gasteiger partial charge in [-0.2, -0.15) is 0 Å². The van der Waals surface area contributed by atoms with Crippen molar-refractivity contribution in [2.75, 3.05) is 13.2 Å². The zero-order chi connectivity index (χ0) is 14.1. The minimum atomic E-state index is -0.455. The lowest BCUT2D eigenvalue weighted by atomic mass is 10.2. The normalized spacial score (nSPS) is 10.8. The molecular formula is C13H17ClN2O3. The summed E-state index contributed by atoms with van der Waals surface area (Å²) >= 11 is 5.38. The Kier molecular flexibility index (Phi) is 6.92. The molecule has 5 nitrogen and oxygen atoms in total. The van der Waals surface area contributed by atoms with Crippen LogP contribution in [0.2, 0.25) is 0 Å². The van der Waals surface area contributed by atoms with Crippen LogP contribution in [0.25, 0.3) is 0 Å². The number of benzene rings is 1. The zero-order valence-corrected chi connectivity index (χ0v) is 11.5. The monoisotopic (exact) mass is 284 g/mol. The Labute approximate surface area is 117 Å². The molecule has 0 saturated heterocycles. The first-order valence-electron chi connectivity index (χ1n) is 6.05. The Morgan fingerprint density at radius 2 is 2.32 bits per heavy atom.